The molecule has 128 valence electrons. The molecule has 1 aliphatic heterocycles. The van der Waals surface area contributed by atoms with E-state index in [0.717, 1.165) is 42.0 Å². The third-order valence-electron chi connectivity index (χ3n) is 4.60. The quantitative estimate of drug-likeness (QED) is 0.796. The molecule has 1 aromatic carbocycles. The number of aliphatic hydroxyl groups is 1. The number of hydrogen-bond donors (Lipinski definition) is 1. The lowest BCUT2D eigenvalue weighted by atomic mass is 10.1. The second-order valence-electron chi connectivity index (χ2n) is 6.40. The lowest BCUT2D eigenvalue weighted by Gasteiger charge is -2.31. The second-order valence-corrected chi connectivity index (χ2v) is 6.40. The minimum absolute atomic E-state index is 0.277. The van der Waals surface area contributed by atoms with Crippen molar-refractivity contribution in [2.24, 2.45) is 7.05 Å². The molecule has 2 aromatic heterocycles. The van der Waals surface area contributed by atoms with Crippen molar-refractivity contribution in [1.29, 1.82) is 0 Å². The minimum atomic E-state index is -0.277. The van der Waals surface area contributed by atoms with Crippen LogP contribution in [0.3, 0.4) is 0 Å². The molecule has 3 aromatic rings. The van der Waals surface area contributed by atoms with Crippen LogP contribution in [0.5, 0.6) is 0 Å². The number of hydrogen-bond acceptors (Lipinski definition) is 5. The Morgan fingerprint density at radius 2 is 2.00 bits per heavy atom. The average Bonchev–Trinajstić information content (AvgIpc) is 3.08. The van der Waals surface area contributed by atoms with E-state index >= 15 is 0 Å². The van der Waals surface area contributed by atoms with Gasteiger partial charge in [-0.2, -0.15) is 5.10 Å². The van der Waals surface area contributed by atoms with Crippen LogP contribution in [0.4, 0.5) is 5.82 Å². The first-order valence-electron chi connectivity index (χ1n) is 8.55. The van der Waals surface area contributed by atoms with E-state index in [1.165, 1.54) is 0 Å². The van der Waals surface area contributed by atoms with Crippen LogP contribution in [-0.2, 0) is 7.05 Å². The second kappa shape index (κ2) is 6.64. The molecule has 1 N–H and O–H groups in total. The molecule has 1 atom stereocenters. The predicted octanol–water partition coefficient (Wildman–Crippen LogP) is 2.51. The summed E-state index contributed by atoms with van der Waals surface area (Å²) >= 11 is 0. The van der Waals surface area contributed by atoms with Crippen molar-refractivity contribution < 1.29 is 5.11 Å². The highest BCUT2D eigenvalue weighted by Gasteiger charge is 2.19. The number of nitrogens with zero attached hydrogens (tertiary/aromatic N) is 5. The summed E-state index contributed by atoms with van der Waals surface area (Å²) in [5.41, 5.74) is 3.11. The first-order chi connectivity index (χ1) is 12.2. The van der Waals surface area contributed by atoms with Crippen molar-refractivity contribution in [3.63, 3.8) is 0 Å². The number of β-amino-alcohol motifs (C(OH)–C–C–N with tert-alkyl or cyclic N) is 1. The molecular weight excluding hydrogens is 314 g/mol. The van der Waals surface area contributed by atoms with Crippen LogP contribution in [0.2, 0.25) is 0 Å². The SMILES string of the molecule is Cn1nccc1-c1cccc(-c2nccc(N3CCCC(O)C3)n2)c1. The number of aryl methyl sites for hydroxylation is 1. The van der Waals surface area contributed by atoms with Gasteiger partial charge in [0.05, 0.1) is 11.8 Å². The van der Waals surface area contributed by atoms with Crippen LogP contribution in [0.1, 0.15) is 12.8 Å². The lowest BCUT2D eigenvalue weighted by molar-refractivity contribution is 0.154. The maximum atomic E-state index is 9.90. The molecule has 1 fully saturated rings. The molecule has 3 heterocycles. The molecule has 0 amide bonds. The number of benzene rings is 1. The molecule has 6 nitrogen and oxygen atoms in total. The largest absolute Gasteiger partial charge is 0.391 e. The normalized spacial score (nSPS) is 17.7. The fourth-order valence-corrected chi connectivity index (χ4v) is 3.30. The number of aliphatic hydroxyl groups excluding tert-OH is 1. The molecule has 0 radical (unpaired) electrons. The fourth-order valence-electron chi connectivity index (χ4n) is 3.30. The maximum absolute atomic E-state index is 9.90. The van der Waals surface area contributed by atoms with E-state index in [1.54, 1.807) is 12.4 Å². The molecule has 0 spiro atoms. The van der Waals surface area contributed by atoms with Gasteiger partial charge in [-0.15, -0.1) is 0 Å². The summed E-state index contributed by atoms with van der Waals surface area (Å²) in [5, 5.41) is 14.1. The zero-order valence-corrected chi connectivity index (χ0v) is 14.2. The lowest BCUT2D eigenvalue weighted by Crippen LogP contribution is -2.38. The van der Waals surface area contributed by atoms with Crippen LogP contribution < -0.4 is 4.90 Å². The van der Waals surface area contributed by atoms with Crippen LogP contribution >= 0.6 is 0 Å². The van der Waals surface area contributed by atoms with E-state index in [0.29, 0.717) is 12.4 Å². The molecule has 0 aliphatic carbocycles. The van der Waals surface area contributed by atoms with Crippen LogP contribution in [0, 0.1) is 0 Å². The van der Waals surface area contributed by atoms with E-state index < -0.39 is 0 Å². The van der Waals surface area contributed by atoms with E-state index in [2.05, 4.69) is 27.1 Å². The average molecular weight is 335 g/mol. The molecule has 1 saturated heterocycles. The summed E-state index contributed by atoms with van der Waals surface area (Å²) in [7, 11) is 1.93. The smallest absolute Gasteiger partial charge is 0.161 e. The highest BCUT2D eigenvalue weighted by Crippen LogP contribution is 2.25. The van der Waals surface area contributed by atoms with Crippen molar-refractivity contribution in [1.82, 2.24) is 19.7 Å². The molecule has 1 aliphatic rings. The predicted molar refractivity (Wildman–Crippen MR) is 97.1 cm³/mol. The zero-order valence-electron chi connectivity index (χ0n) is 14.2. The summed E-state index contributed by atoms with van der Waals surface area (Å²) in [6.07, 6.45) is 5.15. The molecule has 0 saturated carbocycles. The van der Waals surface area contributed by atoms with Gasteiger partial charge in [0.2, 0.25) is 0 Å². The highest BCUT2D eigenvalue weighted by molar-refractivity contribution is 5.68. The van der Waals surface area contributed by atoms with E-state index in [9.17, 15) is 5.11 Å². The number of anilines is 1. The summed E-state index contributed by atoms with van der Waals surface area (Å²) < 4.78 is 1.85. The highest BCUT2D eigenvalue weighted by atomic mass is 16.3. The summed E-state index contributed by atoms with van der Waals surface area (Å²) in [6.45, 7) is 1.55. The van der Waals surface area contributed by atoms with Gasteiger partial charge in [-0.05, 0) is 31.0 Å². The Balaban J connectivity index is 1.66. The number of rotatable bonds is 3. The first kappa shape index (κ1) is 15.8. The summed E-state index contributed by atoms with van der Waals surface area (Å²) in [4.78, 5) is 11.3. The molecule has 0 bridgehead atoms. The van der Waals surface area contributed by atoms with Crippen molar-refractivity contribution in [2.75, 3.05) is 18.0 Å². The van der Waals surface area contributed by atoms with Crippen LogP contribution in [0.25, 0.3) is 22.6 Å². The molecule has 25 heavy (non-hydrogen) atoms. The summed E-state index contributed by atoms with van der Waals surface area (Å²) in [6, 6.07) is 12.1. The van der Waals surface area contributed by atoms with Gasteiger partial charge in [-0.25, -0.2) is 9.97 Å². The first-order valence-corrected chi connectivity index (χ1v) is 8.55. The Labute approximate surface area is 146 Å². The van der Waals surface area contributed by atoms with Crippen molar-refractivity contribution in [3.05, 3.63) is 48.8 Å². The Kier molecular flexibility index (Phi) is 4.19. The van der Waals surface area contributed by atoms with E-state index in [-0.39, 0.29) is 6.10 Å². The third kappa shape index (κ3) is 3.25. The Bertz CT molecular complexity index is 876. The Morgan fingerprint density at radius 1 is 1.12 bits per heavy atom. The number of piperidine rings is 1. The van der Waals surface area contributed by atoms with Gasteiger partial charge in [-0.3, -0.25) is 4.68 Å². The van der Waals surface area contributed by atoms with Crippen molar-refractivity contribution in [2.45, 2.75) is 18.9 Å². The van der Waals surface area contributed by atoms with Gasteiger partial charge in [0.25, 0.3) is 0 Å². The molecule has 1 unspecified atom stereocenters. The van der Waals surface area contributed by atoms with E-state index in [4.69, 9.17) is 4.98 Å². The van der Waals surface area contributed by atoms with Gasteiger partial charge < -0.3 is 10.0 Å². The van der Waals surface area contributed by atoms with E-state index in [1.807, 2.05) is 36.0 Å². The van der Waals surface area contributed by atoms with Gasteiger partial charge in [-0.1, -0.05) is 18.2 Å². The van der Waals surface area contributed by atoms with Crippen molar-refractivity contribution in [3.8, 4) is 22.6 Å². The van der Waals surface area contributed by atoms with Gasteiger partial charge in [0.15, 0.2) is 5.82 Å². The van der Waals surface area contributed by atoms with Crippen LogP contribution in [0.15, 0.2) is 48.8 Å². The molecule has 4 rings (SSSR count). The monoisotopic (exact) mass is 335 g/mol. The minimum Gasteiger partial charge on any atom is -0.391 e. The zero-order chi connectivity index (χ0) is 17.2. The molecule has 6 heteroatoms. The third-order valence-corrected chi connectivity index (χ3v) is 4.60. The van der Waals surface area contributed by atoms with Gasteiger partial charge in [0, 0.05) is 43.7 Å². The van der Waals surface area contributed by atoms with Crippen LogP contribution in [-0.4, -0.2) is 44.0 Å². The maximum Gasteiger partial charge on any atom is 0.161 e. The standard InChI is InChI=1S/C19H21N5O/c1-23-17(7-10-21-23)14-4-2-5-15(12-14)19-20-9-8-18(22-19)24-11-3-6-16(25)13-24/h2,4-5,7-10,12,16,25H,3,6,11,13H2,1H3. The topological polar surface area (TPSA) is 67.1 Å². The van der Waals surface area contributed by atoms with Gasteiger partial charge in [0.1, 0.15) is 5.82 Å². The van der Waals surface area contributed by atoms with Crippen molar-refractivity contribution >= 4 is 5.82 Å². The molecular formula is C19H21N5O. The Morgan fingerprint density at radius 3 is 2.80 bits per heavy atom. The summed E-state index contributed by atoms with van der Waals surface area (Å²) in [5.74, 6) is 1.57. The number of aromatic nitrogens is 4. The Hall–Kier alpha value is -2.73. The fraction of sp³-hybridized carbons (Fsp3) is 0.316. The van der Waals surface area contributed by atoms with Gasteiger partial charge >= 0.3 is 0 Å².